The van der Waals surface area contributed by atoms with Gasteiger partial charge in [-0.05, 0) is 39.1 Å². The molecule has 2 rings (SSSR count). The molecule has 0 radical (unpaired) electrons. The van der Waals surface area contributed by atoms with Gasteiger partial charge in [0, 0.05) is 15.3 Å². The maximum atomic E-state index is 5.34. The van der Waals surface area contributed by atoms with Crippen LogP contribution in [0.4, 0.5) is 0 Å². The fourth-order valence-corrected chi connectivity index (χ4v) is 2.76. The van der Waals surface area contributed by atoms with E-state index in [2.05, 4.69) is 24.4 Å². The molecule has 0 saturated carbocycles. The zero-order valence-corrected chi connectivity index (χ0v) is 10.0. The number of nitrogens with one attached hydrogen (secondary N) is 1. The van der Waals surface area contributed by atoms with Crippen molar-refractivity contribution in [1.82, 2.24) is 5.32 Å². The van der Waals surface area contributed by atoms with E-state index >= 15 is 0 Å². The van der Waals surface area contributed by atoms with Crippen LogP contribution in [0, 0.1) is 13.8 Å². The van der Waals surface area contributed by atoms with E-state index < -0.39 is 0 Å². The second kappa shape index (κ2) is 4.21. The molecule has 1 N–H and O–H groups in total. The quantitative estimate of drug-likeness (QED) is 0.860. The lowest BCUT2D eigenvalue weighted by molar-refractivity contribution is 0.524. The van der Waals surface area contributed by atoms with E-state index in [0.717, 1.165) is 5.76 Å². The van der Waals surface area contributed by atoms with E-state index in [-0.39, 0.29) is 6.04 Å². The summed E-state index contributed by atoms with van der Waals surface area (Å²) in [5.74, 6) is 0.986. The second-order valence-electron chi connectivity index (χ2n) is 3.60. The second-order valence-corrected chi connectivity index (χ2v) is 4.92. The van der Waals surface area contributed by atoms with Gasteiger partial charge in [0.1, 0.15) is 5.76 Å². The van der Waals surface area contributed by atoms with Crippen LogP contribution in [0.2, 0.25) is 0 Å². The van der Waals surface area contributed by atoms with Crippen molar-refractivity contribution >= 4 is 11.3 Å². The van der Waals surface area contributed by atoms with Crippen LogP contribution in [-0.4, -0.2) is 7.05 Å². The van der Waals surface area contributed by atoms with E-state index in [9.17, 15) is 0 Å². The Kier molecular flexibility index (Phi) is 2.93. The molecule has 2 aromatic heterocycles. The molecule has 2 nitrogen and oxygen atoms in total. The SMILES string of the molecule is CNC(c1ccc(C)s1)c1ccoc1C. The fraction of sp³-hybridized carbons (Fsp3) is 0.333. The first kappa shape index (κ1) is 10.5. The highest BCUT2D eigenvalue weighted by atomic mass is 32.1. The molecule has 0 fully saturated rings. The zero-order chi connectivity index (χ0) is 10.8. The van der Waals surface area contributed by atoms with Crippen molar-refractivity contribution in [2.24, 2.45) is 0 Å². The number of thiophene rings is 1. The van der Waals surface area contributed by atoms with Crippen molar-refractivity contribution in [2.45, 2.75) is 19.9 Å². The Labute approximate surface area is 93.9 Å². The summed E-state index contributed by atoms with van der Waals surface area (Å²) in [6.45, 7) is 4.13. The molecule has 15 heavy (non-hydrogen) atoms. The summed E-state index contributed by atoms with van der Waals surface area (Å²) >= 11 is 1.82. The third-order valence-corrected chi connectivity index (χ3v) is 3.61. The molecule has 0 aliphatic heterocycles. The Hall–Kier alpha value is -1.06. The first-order chi connectivity index (χ1) is 7.22. The van der Waals surface area contributed by atoms with Gasteiger partial charge in [-0.2, -0.15) is 0 Å². The summed E-state index contributed by atoms with van der Waals surface area (Å²) in [7, 11) is 1.98. The molecule has 0 aromatic carbocycles. The molecular formula is C12H15NOS. The molecule has 1 unspecified atom stereocenters. The predicted octanol–water partition coefficient (Wildman–Crippen LogP) is 3.27. The lowest BCUT2D eigenvalue weighted by Crippen LogP contribution is -2.16. The van der Waals surface area contributed by atoms with Crippen LogP contribution in [0.1, 0.15) is 27.1 Å². The maximum Gasteiger partial charge on any atom is 0.105 e. The maximum absolute atomic E-state index is 5.34. The first-order valence-corrected chi connectivity index (χ1v) is 5.81. The van der Waals surface area contributed by atoms with Crippen LogP contribution in [0.15, 0.2) is 28.9 Å². The van der Waals surface area contributed by atoms with E-state index in [1.807, 2.05) is 31.4 Å². The molecule has 2 aromatic rings. The van der Waals surface area contributed by atoms with Gasteiger partial charge in [-0.15, -0.1) is 11.3 Å². The molecule has 2 heterocycles. The Morgan fingerprint density at radius 3 is 2.53 bits per heavy atom. The lowest BCUT2D eigenvalue weighted by Gasteiger charge is -2.13. The Bertz CT molecular complexity index is 444. The molecule has 80 valence electrons. The van der Waals surface area contributed by atoms with E-state index in [4.69, 9.17) is 4.42 Å². The average molecular weight is 221 g/mol. The molecule has 0 spiro atoms. The van der Waals surface area contributed by atoms with Crippen LogP contribution in [0.5, 0.6) is 0 Å². The fourth-order valence-electron chi connectivity index (χ4n) is 1.75. The Morgan fingerprint density at radius 2 is 2.07 bits per heavy atom. The summed E-state index contributed by atoms with van der Waals surface area (Å²) in [4.78, 5) is 2.67. The predicted molar refractivity (Wildman–Crippen MR) is 63.4 cm³/mol. The van der Waals surface area contributed by atoms with Gasteiger partial charge in [-0.3, -0.25) is 0 Å². The number of rotatable bonds is 3. The van der Waals surface area contributed by atoms with Gasteiger partial charge in [0.05, 0.1) is 12.3 Å². The van der Waals surface area contributed by atoms with Gasteiger partial charge in [0.15, 0.2) is 0 Å². The van der Waals surface area contributed by atoms with Crippen molar-refractivity contribution < 1.29 is 4.42 Å². The molecule has 0 amide bonds. The number of hydrogen-bond donors (Lipinski definition) is 1. The number of hydrogen-bond acceptors (Lipinski definition) is 3. The smallest absolute Gasteiger partial charge is 0.105 e. The normalized spacial score (nSPS) is 13.0. The van der Waals surface area contributed by atoms with Crippen LogP contribution in [0.25, 0.3) is 0 Å². The topological polar surface area (TPSA) is 25.2 Å². The third kappa shape index (κ3) is 1.98. The molecule has 0 saturated heterocycles. The summed E-state index contributed by atoms with van der Waals surface area (Å²) in [5.41, 5.74) is 1.22. The van der Waals surface area contributed by atoms with Crippen LogP contribution in [-0.2, 0) is 0 Å². The van der Waals surface area contributed by atoms with E-state index in [1.54, 1.807) is 6.26 Å². The minimum absolute atomic E-state index is 0.252. The van der Waals surface area contributed by atoms with Gasteiger partial charge in [-0.25, -0.2) is 0 Å². The molecule has 1 atom stereocenters. The van der Waals surface area contributed by atoms with Gasteiger partial charge in [0.2, 0.25) is 0 Å². The highest BCUT2D eigenvalue weighted by Gasteiger charge is 2.17. The van der Waals surface area contributed by atoms with Gasteiger partial charge >= 0.3 is 0 Å². The minimum atomic E-state index is 0.252. The van der Waals surface area contributed by atoms with Crippen molar-refractivity contribution in [2.75, 3.05) is 7.05 Å². The lowest BCUT2D eigenvalue weighted by atomic mass is 10.1. The van der Waals surface area contributed by atoms with E-state index in [1.165, 1.54) is 15.3 Å². The van der Waals surface area contributed by atoms with Crippen molar-refractivity contribution in [3.05, 3.63) is 45.5 Å². The molecular weight excluding hydrogens is 206 g/mol. The monoisotopic (exact) mass is 221 g/mol. The van der Waals surface area contributed by atoms with Crippen molar-refractivity contribution in [3.63, 3.8) is 0 Å². The first-order valence-electron chi connectivity index (χ1n) is 5.00. The Morgan fingerprint density at radius 1 is 1.27 bits per heavy atom. The summed E-state index contributed by atoms with van der Waals surface area (Å²) in [6.07, 6.45) is 1.75. The number of furan rings is 1. The largest absolute Gasteiger partial charge is 0.469 e. The van der Waals surface area contributed by atoms with Crippen molar-refractivity contribution in [1.29, 1.82) is 0 Å². The minimum Gasteiger partial charge on any atom is -0.469 e. The number of aryl methyl sites for hydroxylation is 2. The molecule has 3 heteroatoms. The Balaban J connectivity index is 2.36. The summed E-state index contributed by atoms with van der Waals surface area (Å²) in [6, 6.07) is 6.61. The third-order valence-electron chi connectivity index (χ3n) is 2.54. The molecule has 0 aliphatic carbocycles. The zero-order valence-electron chi connectivity index (χ0n) is 9.20. The van der Waals surface area contributed by atoms with Gasteiger partial charge < -0.3 is 9.73 Å². The molecule has 0 bridgehead atoms. The highest BCUT2D eigenvalue weighted by Crippen LogP contribution is 2.30. The summed E-state index contributed by atoms with van der Waals surface area (Å²) in [5, 5.41) is 3.33. The highest BCUT2D eigenvalue weighted by molar-refractivity contribution is 7.12. The molecule has 0 aliphatic rings. The standard InChI is InChI=1S/C12H15NOS/c1-8-4-5-11(15-8)12(13-3)10-6-7-14-9(10)2/h4-7,12-13H,1-3H3. The van der Waals surface area contributed by atoms with Crippen LogP contribution >= 0.6 is 11.3 Å². The van der Waals surface area contributed by atoms with Gasteiger partial charge in [-0.1, -0.05) is 0 Å². The van der Waals surface area contributed by atoms with E-state index in [0.29, 0.717) is 0 Å². The van der Waals surface area contributed by atoms with Crippen LogP contribution < -0.4 is 5.32 Å². The van der Waals surface area contributed by atoms with Crippen molar-refractivity contribution in [3.8, 4) is 0 Å². The summed E-state index contributed by atoms with van der Waals surface area (Å²) < 4.78 is 5.34. The average Bonchev–Trinajstić information content (AvgIpc) is 2.79. The van der Waals surface area contributed by atoms with Gasteiger partial charge in [0.25, 0.3) is 0 Å². The van der Waals surface area contributed by atoms with Crippen LogP contribution in [0.3, 0.4) is 0 Å².